The molecule has 1 aromatic carbocycles. The molecule has 19 heavy (non-hydrogen) atoms. The van der Waals surface area contributed by atoms with Gasteiger partial charge in [0.05, 0.1) is 6.42 Å². The lowest BCUT2D eigenvalue weighted by Crippen LogP contribution is -2.37. The average Bonchev–Trinajstić information content (AvgIpc) is 2.44. The summed E-state index contributed by atoms with van der Waals surface area (Å²) >= 11 is 0. The van der Waals surface area contributed by atoms with Crippen LogP contribution in [0.4, 0.5) is 4.79 Å². The third kappa shape index (κ3) is 7.08. The smallest absolute Gasteiger partial charge is 0.314 e. The Bertz CT molecular complexity index is 393. The lowest BCUT2D eigenvalue weighted by molar-refractivity contribution is -0.144. The van der Waals surface area contributed by atoms with Gasteiger partial charge >= 0.3 is 12.0 Å². The zero-order valence-electron chi connectivity index (χ0n) is 11.1. The number of carbonyl (C=O) groups excluding carboxylic acids is 2. The second-order valence-corrected chi connectivity index (χ2v) is 4.08. The first-order valence-corrected chi connectivity index (χ1v) is 6.43. The predicted octanol–water partition coefficient (Wildman–Crippen LogP) is 1.83. The zero-order valence-corrected chi connectivity index (χ0v) is 11.1. The number of ether oxygens (including phenoxy) is 1. The monoisotopic (exact) mass is 264 g/mol. The number of hydrogen-bond acceptors (Lipinski definition) is 3. The van der Waals surface area contributed by atoms with Gasteiger partial charge in [0.25, 0.3) is 0 Å². The molecule has 104 valence electrons. The van der Waals surface area contributed by atoms with Crippen LogP contribution in [0.15, 0.2) is 30.3 Å². The molecule has 0 aliphatic rings. The third-order valence-corrected chi connectivity index (χ3v) is 2.39. The largest absolute Gasteiger partial charge is 0.461 e. The van der Waals surface area contributed by atoms with E-state index >= 15 is 0 Å². The molecule has 0 spiro atoms. The fraction of sp³-hybridized carbons (Fsp3) is 0.429. The molecule has 0 aliphatic carbocycles. The molecule has 5 nitrogen and oxygen atoms in total. The van der Waals surface area contributed by atoms with Crippen molar-refractivity contribution in [3.8, 4) is 0 Å². The van der Waals surface area contributed by atoms with E-state index in [4.69, 9.17) is 4.74 Å². The summed E-state index contributed by atoms with van der Waals surface area (Å²) in [4.78, 5) is 22.6. The van der Waals surface area contributed by atoms with Crippen LogP contribution >= 0.6 is 0 Å². The minimum Gasteiger partial charge on any atom is -0.461 e. The van der Waals surface area contributed by atoms with Crippen LogP contribution in [0, 0.1) is 0 Å². The van der Waals surface area contributed by atoms with Crippen LogP contribution < -0.4 is 10.6 Å². The number of nitrogens with one attached hydrogen (secondary N) is 2. The lowest BCUT2D eigenvalue weighted by Gasteiger charge is -2.07. The number of esters is 1. The van der Waals surface area contributed by atoms with Gasteiger partial charge < -0.3 is 15.4 Å². The molecule has 0 aliphatic heterocycles. The summed E-state index contributed by atoms with van der Waals surface area (Å²) in [7, 11) is 0. The van der Waals surface area contributed by atoms with E-state index < -0.39 is 0 Å². The summed E-state index contributed by atoms with van der Waals surface area (Å²) < 4.78 is 5.08. The topological polar surface area (TPSA) is 67.4 Å². The molecule has 5 heteroatoms. The third-order valence-electron chi connectivity index (χ3n) is 2.39. The van der Waals surface area contributed by atoms with E-state index in [0.29, 0.717) is 6.54 Å². The highest BCUT2D eigenvalue weighted by Crippen LogP contribution is 2.01. The number of urea groups is 1. The van der Waals surface area contributed by atoms with Crippen molar-refractivity contribution in [3.63, 3.8) is 0 Å². The van der Waals surface area contributed by atoms with Crippen molar-refractivity contribution >= 4 is 12.0 Å². The van der Waals surface area contributed by atoms with Crippen LogP contribution in [0.2, 0.25) is 0 Å². The summed E-state index contributed by atoms with van der Waals surface area (Å²) in [6.07, 6.45) is 1.05. The molecule has 1 rings (SSSR count). The van der Waals surface area contributed by atoms with Crippen LogP contribution in [-0.4, -0.2) is 25.1 Å². The van der Waals surface area contributed by atoms with E-state index in [1.165, 1.54) is 0 Å². The maximum atomic E-state index is 11.4. The van der Waals surface area contributed by atoms with Gasteiger partial charge in [-0.05, 0) is 12.0 Å². The minimum absolute atomic E-state index is 0.173. The first kappa shape index (κ1) is 15.0. The highest BCUT2D eigenvalue weighted by atomic mass is 16.5. The standard InChI is InChI=1S/C14H20N2O3/c1-2-9-15-14(18)16-10-8-13(17)19-11-12-6-4-3-5-7-12/h3-7H,2,8-11H2,1H3,(H2,15,16,18). The highest BCUT2D eigenvalue weighted by Gasteiger charge is 2.04. The van der Waals surface area contributed by atoms with E-state index in [1.54, 1.807) is 0 Å². The normalized spacial score (nSPS) is 9.74. The van der Waals surface area contributed by atoms with Crippen LogP contribution in [-0.2, 0) is 16.1 Å². The Morgan fingerprint density at radius 1 is 1.11 bits per heavy atom. The molecular weight excluding hydrogens is 244 g/mol. The van der Waals surface area contributed by atoms with Gasteiger partial charge in [-0.1, -0.05) is 37.3 Å². The Balaban J connectivity index is 2.10. The Hall–Kier alpha value is -2.04. The van der Waals surface area contributed by atoms with Crippen LogP contribution in [0.5, 0.6) is 0 Å². The number of rotatable bonds is 7. The van der Waals surface area contributed by atoms with Gasteiger partial charge in [-0.15, -0.1) is 0 Å². The minimum atomic E-state index is -0.320. The highest BCUT2D eigenvalue weighted by molar-refractivity contribution is 5.75. The second-order valence-electron chi connectivity index (χ2n) is 4.08. The molecule has 2 amide bonds. The van der Waals surface area contributed by atoms with Crippen molar-refractivity contribution in [2.45, 2.75) is 26.4 Å². The van der Waals surface area contributed by atoms with Gasteiger partial charge in [0.2, 0.25) is 0 Å². The first-order valence-electron chi connectivity index (χ1n) is 6.43. The summed E-state index contributed by atoms with van der Waals surface area (Å²) in [6.45, 7) is 3.15. The summed E-state index contributed by atoms with van der Waals surface area (Å²) in [5, 5.41) is 5.26. The summed E-state index contributed by atoms with van der Waals surface area (Å²) in [5.74, 6) is -0.320. The predicted molar refractivity (Wildman–Crippen MR) is 72.5 cm³/mol. The molecule has 0 saturated heterocycles. The molecular formula is C14H20N2O3. The Labute approximate surface area is 113 Å². The summed E-state index contributed by atoms with van der Waals surface area (Å²) in [6, 6.07) is 9.22. The number of amides is 2. The summed E-state index contributed by atoms with van der Waals surface area (Å²) in [5.41, 5.74) is 0.949. The fourth-order valence-corrected chi connectivity index (χ4v) is 1.39. The molecule has 1 aromatic rings. The first-order chi connectivity index (χ1) is 9.22. The average molecular weight is 264 g/mol. The van der Waals surface area contributed by atoms with Gasteiger partial charge in [-0.25, -0.2) is 4.79 Å². The van der Waals surface area contributed by atoms with Crippen molar-refractivity contribution in [1.82, 2.24) is 10.6 Å². The van der Waals surface area contributed by atoms with Gasteiger partial charge in [0.15, 0.2) is 0 Å². The lowest BCUT2D eigenvalue weighted by atomic mass is 10.2. The number of benzene rings is 1. The van der Waals surface area contributed by atoms with Gasteiger partial charge in [-0.3, -0.25) is 4.79 Å². The molecule has 0 aromatic heterocycles. The number of hydrogen-bond donors (Lipinski definition) is 2. The molecule has 0 saturated carbocycles. The van der Waals surface area contributed by atoms with Crippen molar-refractivity contribution in [1.29, 1.82) is 0 Å². The molecule has 0 fully saturated rings. The van der Waals surface area contributed by atoms with Gasteiger partial charge in [0.1, 0.15) is 6.61 Å². The maximum absolute atomic E-state index is 11.4. The van der Waals surface area contributed by atoms with E-state index in [1.807, 2.05) is 37.3 Å². The molecule has 2 N–H and O–H groups in total. The van der Waals surface area contributed by atoms with Crippen LogP contribution in [0.1, 0.15) is 25.3 Å². The molecule has 0 bridgehead atoms. The maximum Gasteiger partial charge on any atom is 0.314 e. The van der Waals surface area contributed by atoms with Crippen molar-refractivity contribution in [2.24, 2.45) is 0 Å². The van der Waals surface area contributed by atoms with Gasteiger partial charge in [-0.2, -0.15) is 0 Å². The van der Waals surface area contributed by atoms with Crippen LogP contribution in [0.25, 0.3) is 0 Å². The Morgan fingerprint density at radius 3 is 2.47 bits per heavy atom. The number of carbonyl (C=O) groups is 2. The second kappa shape index (κ2) is 8.97. The Morgan fingerprint density at radius 2 is 1.79 bits per heavy atom. The quantitative estimate of drug-likeness (QED) is 0.738. The molecule has 0 unspecified atom stereocenters. The van der Waals surface area contributed by atoms with E-state index in [2.05, 4.69) is 10.6 Å². The van der Waals surface area contributed by atoms with Gasteiger partial charge in [0, 0.05) is 13.1 Å². The molecule has 0 heterocycles. The Kier molecular flexibility index (Phi) is 7.09. The van der Waals surface area contributed by atoms with E-state index in [0.717, 1.165) is 12.0 Å². The molecule has 0 atom stereocenters. The van der Waals surface area contributed by atoms with Crippen molar-refractivity contribution < 1.29 is 14.3 Å². The van der Waals surface area contributed by atoms with E-state index in [9.17, 15) is 9.59 Å². The van der Waals surface area contributed by atoms with Crippen LogP contribution in [0.3, 0.4) is 0 Å². The van der Waals surface area contributed by atoms with Crippen molar-refractivity contribution in [2.75, 3.05) is 13.1 Å². The fourth-order valence-electron chi connectivity index (χ4n) is 1.39. The zero-order chi connectivity index (χ0) is 13.9. The SMILES string of the molecule is CCCNC(=O)NCCC(=O)OCc1ccccc1. The molecule has 0 radical (unpaired) electrons. The van der Waals surface area contributed by atoms with E-state index in [-0.39, 0.29) is 31.6 Å². The van der Waals surface area contributed by atoms with Crippen molar-refractivity contribution in [3.05, 3.63) is 35.9 Å².